The van der Waals surface area contributed by atoms with Crippen LogP contribution < -0.4 is 10.1 Å². The van der Waals surface area contributed by atoms with Gasteiger partial charge in [0.25, 0.3) is 0 Å². The van der Waals surface area contributed by atoms with Crippen LogP contribution in [0.3, 0.4) is 0 Å². The molecule has 1 N–H and O–H groups in total. The first-order chi connectivity index (χ1) is 16.6. The van der Waals surface area contributed by atoms with E-state index in [2.05, 4.69) is 10.5 Å². The summed E-state index contributed by atoms with van der Waals surface area (Å²) in [5, 5.41) is 7.54. The number of methoxy groups -OCH3 is 1. The van der Waals surface area contributed by atoms with Crippen molar-refractivity contribution in [1.82, 2.24) is 10.1 Å². The van der Waals surface area contributed by atoms with Crippen molar-refractivity contribution in [3.05, 3.63) is 35.5 Å². The average Bonchev–Trinajstić information content (AvgIpc) is 3.62. The van der Waals surface area contributed by atoms with E-state index in [0.29, 0.717) is 19.1 Å². The third-order valence-electron chi connectivity index (χ3n) is 8.99. The van der Waals surface area contributed by atoms with Crippen molar-refractivity contribution < 1.29 is 18.8 Å². The van der Waals surface area contributed by atoms with E-state index < -0.39 is 0 Å². The van der Waals surface area contributed by atoms with Crippen molar-refractivity contribution in [3.63, 3.8) is 0 Å². The standard InChI is InChI=1S/C27H35N3O4/c1-32-22-4-2-3-21(28-24(31)19-7-15-33-16-8-19)20(22)17-26-9-12-27(13-10-26,14-11-26)25-29-23(30-34-25)18-5-6-18/h2-4,18-19H,5-17H2,1H3,(H,28,31). The minimum atomic E-state index is 0.0193. The molecule has 1 aromatic carbocycles. The zero-order chi connectivity index (χ0) is 23.2. The van der Waals surface area contributed by atoms with E-state index in [1.54, 1.807) is 7.11 Å². The predicted molar refractivity (Wildman–Crippen MR) is 127 cm³/mol. The number of anilines is 1. The summed E-state index contributed by atoms with van der Waals surface area (Å²) in [7, 11) is 1.72. The highest BCUT2D eigenvalue weighted by Gasteiger charge is 2.52. The summed E-state index contributed by atoms with van der Waals surface area (Å²) in [6.07, 6.45) is 11.6. The fraction of sp³-hybridized carbons (Fsp3) is 0.667. The van der Waals surface area contributed by atoms with E-state index in [-0.39, 0.29) is 22.7 Å². The zero-order valence-corrected chi connectivity index (χ0v) is 20.1. The van der Waals surface area contributed by atoms with Crippen LogP contribution in [-0.4, -0.2) is 36.4 Å². The molecule has 2 aromatic rings. The minimum Gasteiger partial charge on any atom is -0.496 e. The summed E-state index contributed by atoms with van der Waals surface area (Å²) in [4.78, 5) is 17.8. The van der Waals surface area contributed by atoms with Crippen LogP contribution in [0.1, 0.15) is 87.4 Å². The number of nitrogens with one attached hydrogen (secondary N) is 1. The van der Waals surface area contributed by atoms with Crippen LogP contribution in [0.5, 0.6) is 5.75 Å². The van der Waals surface area contributed by atoms with Crippen molar-refractivity contribution >= 4 is 11.6 Å². The SMILES string of the molecule is COc1cccc(NC(=O)C2CCOCC2)c1CC12CCC(c3nc(C4CC4)no3)(CC1)CC2. The van der Waals surface area contributed by atoms with Crippen LogP contribution >= 0.6 is 0 Å². The summed E-state index contributed by atoms with van der Waals surface area (Å²) in [5.41, 5.74) is 2.32. The molecule has 0 unspecified atom stereocenters. The van der Waals surface area contributed by atoms with Gasteiger partial charge >= 0.3 is 0 Å². The molecule has 5 fully saturated rings. The van der Waals surface area contributed by atoms with Crippen molar-refractivity contribution in [1.29, 1.82) is 0 Å². The molecule has 182 valence electrons. The van der Waals surface area contributed by atoms with Gasteiger partial charge in [-0.1, -0.05) is 11.2 Å². The molecule has 1 aromatic heterocycles. The van der Waals surface area contributed by atoms with Gasteiger partial charge in [-0.15, -0.1) is 0 Å². The Labute approximate surface area is 201 Å². The molecule has 2 bridgehead atoms. The van der Waals surface area contributed by atoms with Gasteiger partial charge in [0, 0.05) is 41.7 Å². The van der Waals surface area contributed by atoms with Gasteiger partial charge in [0.1, 0.15) is 5.75 Å². The first-order valence-corrected chi connectivity index (χ1v) is 13.0. The normalized spacial score (nSPS) is 29.2. The van der Waals surface area contributed by atoms with Crippen LogP contribution in [0.2, 0.25) is 0 Å². The lowest BCUT2D eigenvalue weighted by Crippen LogP contribution is -2.45. The average molecular weight is 466 g/mol. The van der Waals surface area contributed by atoms with Crippen LogP contribution in [0.15, 0.2) is 22.7 Å². The van der Waals surface area contributed by atoms with Gasteiger partial charge in [-0.2, -0.15) is 4.98 Å². The van der Waals surface area contributed by atoms with Gasteiger partial charge in [-0.05, 0) is 88.2 Å². The number of rotatable bonds is 7. The maximum Gasteiger partial charge on any atom is 0.232 e. The third kappa shape index (κ3) is 4.02. The number of benzene rings is 1. The molecule has 4 saturated carbocycles. The van der Waals surface area contributed by atoms with Crippen molar-refractivity contribution in [3.8, 4) is 5.75 Å². The summed E-state index contributed by atoms with van der Waals surface area (Å²) in [5.74, 6) is 3.32. The Hall–Kier alpha value is -2.41. The van der Waals surface area contributed by atoms with Crippen LogP contribution in [0.4, 0.5) is 5.69 Å². The highest BCUT2D eigenvalue weighted by molar-refractivity contribution is 5.93. The fourth-order valence-electron chi connectivity index (χ4n) is 6.43. The lowest BCUT2D eigenvalue weighted by Gasteiger charge is -2.52. The second-order valence-electron chi connectivity index (χ2n) is 11.1. The molecule has 4 aliphatic carbocycles. The monoisotopic (exact) mass is 465 g/mol. The smallest absolute Gasteiger partial charge is 0.232 e. The molecule has 34 heavy (non-hydrogen) atoms. The van der Waals surface area contributed by atoms with E-state index in [1.807, 2.05) is 18.2 Å². The highest BCUT2D eigenvalue weighted by atomic mass is 16.5. The van der Waals surface area contributed by atoms with Crippen molar-refractivity contribution in [2.45, 2.75) is 82.0 Å². The number of aromatic nitrogens is 2. The third-order valence-corrected chi connectivity index (χ3v) is 8.99. The maximum absolute atomic E-state index is 13.0. The molecule has 7 heteroatoms. The summed E-state index contributed by atoms with van der Waals surface area (Å²) < 4.78 is 17.0. The molecule has 1 aliphatic heterocycles. The van der Waals surface area contributed by atoms with E-state index in [0.717, 1.165) is 86.5 Å². The van der Waals surface area contributed by atoms with E-state index in [9.17, 15) is 4.79 Å². The second kappa shape index (κ2) is 8.67. The molecule has 7 nitrogen and oxygen atoms in total. The molecule has 5 aliphatic rings. The molecular weight excluding hydrogens is 430 g/mol. The summed E-state index contributed by atoms with van der Waals surface area (Å²) >= 11 is 0. The number of fused-ring (bicyclic) bond motifs is 3. The Morgan fingerprint density at radius 1 is 1.09 bits per heavy atom. The number of hydrogen-bond acceptors (Lipinski definition) is 6. The molecule has 0 spiro atoms. The Morgan fingerprint density at radius 3 is 2.50 bits per heavy atom. The molecule has 1 amide bonds. The number of carbonyl (C=O) groups excluding carboxylic acids is 1. The Bertz CT molecular complexity index is 1030. The highest BCUT2D eigenvalue weighted by Crippen LogP contribution is 2.59. The molecule has 7 rings (SSSR count). The van der Waals surface area contributed by atoms with Crippen molar-refractivity contribution in [2.24, 2.45) is 11.3 Å². The minimum absolute atomic E-state index is 0.0193. The van der Waals surface area contributed by atoms with Crippen molar-refractivity contribution in [2.75, 3.05) is 25.6 Å². The number of ether oxygens (including phenoxy) is 2. The summed E-state index contributed by atoms with van der Waals surface area (Å²) in [6, 6.07) is 6.02. The molecule has 2 heterocycles. The van der Waals surface area contributed by atoms with Gasteiger partial charge in [-0.25, -0.2) is 0 Å². The Morgan fingerprint density at radius 2 is 1.82 bits per heavy atom. The maximum atomic E-state index is 13.0. The second-order valence-corrected chi connectivity index (χ2v) is 11.1. The molecule has 0 radical (unpaired) electrons. The van der Waals surface area contributed by atoms with Gasteiger partial charge in [0.15, 0.2) is 5.82 Å². The van der Waals surface area contributed by atoms with E-state index >= 15 is 0 Å². The molecule has 0 atom stereocenters. The van der Waals surface area contributed by atoms with Gasteiger partial charge in [-0.3, -0.25) is 4.79 Å². The van der Waals surface area contributed by atoms with Crippen LogP contribution in [0, 0.1) is 11.3 Å². The first kappa shape index (κ1) is 22.1. The molecule has 1 saturated heterocycles. The van der Waals surface area contributed by atoms with Crippen LogP contribution in [0.25, 0.3) is 0 Å². The Kier molecular flexibility index (Phi) is 5.63. The number of hydrogen-bond donors (Lipinski definition) is 1. The molecular formula is C27H35N3O4. The number of amides is 1. The topological polar surface area (TPSA) is 86.5 Å². The van der Waals surface area contributed by atoms with Crippen LogP contribution in [-0.2, 0) is 21.4 Å². The largest absolute Gasteiger partial charge is 0.496 e. The summed E-state index contributed by atoms with van der Waals surface area (Å²) in [6.45, 7) is 1.33. The Balaban J connectivity index is 1.19. The first-order valence-electron chi connectivity index (χ1n) is 13.0. The van der Waals surface area contributed by atoms with Gasteiger partial charge < -0.3 is 19.3 Å². The van der Waals surface area contributed by atoms with Gasteiger partial charge in [0.05, 0.1) is 7.11 Å². The lowest BCUT2D eigenvalue weighted by atomic mass is 9.52. The predicted octanol–water partition coefficient (Wildman–Crippen LogP) is 5.16. The lowest BCUT2D eigenvalue weighted by molar-refractivity contribution is -0.122. The zero-order valence-electron chi connectivity index (χ0n) is 20.1. The van der Waals surface area contributed by atoms with E-state index in [4.69, 9.17) is 19.0 Å². The number of carbonyl (C=O) groups is 1. The van der Waals surface area contributed by atoms with E-state index in [1.165, 1.54) is 12.8 Å². The van der Waals surface area contributed by atoms with Gasteiger partial charge in [0.2, 0.25) is 11.8 Å². The number of nitrogens with zero attached hydrogens (tertiary/aromatic N) is 2. The quantitative estimate of drug-likeness (QED) is 0.608. The fourth-order valence-corrected chi connectivity index (χ4v) is 6.43.